The van der Waals surface area contributed by atoms with Crippen LogP contribution in [-0.2, 0) is 9.59 Å². The summed E-state index contributed by atoms with van der Waals surface area (Å²) in [5, 5.41) is 11.6. The summed E-state index contributed by atoms with van der Waals surface area (Å²) in [4.78, 5) is 22.8. The SMILES string of the molecule is C/C=C/CC(NC(=O)C1CC=CCC1)C(=O)O. The largest absolute Gasteiger partial charge is 0.480 e. The second-order valence-electron chi connectivity index (χ2n) is 4.19. The average Bonchev–Trinajstić information content (AvgIpc) is 2.35. The molecule has 0 aromatic heterocycles. The molecule has 0 saturated carbocycles. The van der Waals surface area contributed by atoms with E-state index < -0.39 is 12.0 Å². The minimum Gasteiger partial charge on any atom is -0.480 e. The lowest BCUT2D eigenvalue weighted by Gasteiger charge is -2.20. The highest BCUT2D eigenvalue weighted by molar-refractivity contribution is 5.85. The van der Waals surface area contributed by atoms with Crippen molar-refractivity contribution in [2.24, 2.45) is 5.92 Å². The smallest absolute Gasteiger partial charge is 0.326 e. The molecule has 17 heavy (non-hydrogen) atoms. The monoisotopic (exact) mass is 237 g/mol. The molecule has 0 aromatic carbocycles. The number of carboxylic acid groups (broad SMARTS) is 1. The van der Waals surface area contributed by atoms with E-state index in [0.29, 0.717) is 12.8 Å². The standard InChI is InChI=1S/C13H19NO3/c1-2-3-9-11(13(16)17)14-12(15)10-7-5-4-6-8-10/h2-5,10-11H,6-9H2,1H3,(H,14,15)(H,16,17)/b3-2+. The molecule has 1 aliphatic carbocycles. The molecule has 1 aliphatic rings. The van der Waals surface area contributed by atoms with Crippen molar-refractivity contribution in [3.05, 3.63) is 24.3 Å². The zero-order valence-electron chi connectivity index (χ0n) is 10.1. The fourth-order valence-corrected chi connectivity index (χ4v) is 1.81. The highest BCUT2D eigenvalue weighted by atomic mass is 16.4. The van der Waals surface area contributed by atoms with Crippen LogP contribution in [-0.4, -0.2) is 23.0 Å². The third-order valence-corrected chi connectivity index (χ3v) is 2.86. The molecular weight excluding hydrogens is 218 g/mol. The van der Waals surface area contributed by atoms with Crippen molar-refractivity contribution in [1.82, 2.24) is 5.32 Å². The fraction of sp³-hybridized carbons (Fsp3) is 0.538. The van der Waals surface area contributed by atoms with Gasteiger partial charge in [0.25, 0.3) is 0 Å². The van der Waals surface area contributed by atoms with Crippen LogP contribution in [0.1, 0.15) is 32.6 Å². The van der Waals surface area contributed by atoms with Gasteiger partial charge in [-0.3, -0.25) is 4.79 Å². The summed E-state index contributed by atoms with van der Waals surface area (Å²) in [6.07, 6.45) is 10.3. The molecular formula is C13H19NO3. The molecule has 0 spiro atoms. The van der Waals surface area contributed by atoms with Gasteiger partial charge in [-0.15, -0.1) is 0 Å². The first-order chi connectivity index (χ1) is 8.15. The molecule has 1 amide bonds. The van der Waals surface area contributed by atoms with Crippen molar-refractivity contribution in [2.45, 2.75) is 38.6 Å². The second-order valence-corrected chi connectivity index (χ2v) is 4.19. The lowest BCUT2D eigenvalue weighted by molar-refractivity contribution is -0.142. The maximum absolute atomic E-state index is 11.8. The topological polar surface area (TPSA) is 66.4 Å². The van der Waals surface area contributed by atoms with Gasteiger partial charge in [0.1, 0.15) is 6.04 Å². The summed E-state index contributed by atoms with van der Waals surface area (Å²) >= 11 is 0. The molecule has 2 unspecified atom stereocenters. The van der Waals surface area contributed by atoms with Crippen LogP contribution in [0.25, 0.3) is 0 Å². The first-order valence-electron chi connectivity index (χ1n) is 5.94. The molecule has 0 aliphatic heterocycles. The van der Waals surface area contributed by atoms with Gasteiger partial charge in [-0.05, 0) is 32.6 Å². The van der Waals surface area contributed by atoms with Crippen molar-refractivity contribution < 1.29 is 14.7 Å². The summed E-state index contributed by atoms with van der Waals surface area (Å²) < 4.78 is 0. The first-order valence-corrected chi connectivity index (χ1v) is 5.94. The summed E-state index contributed by atoms with van der Waals surface area (Å²) in [7, 11) is 0. The number of nitrogens with one attached hydrogen (secondary N) is 1. The predicted molar refractivity (Wildman–Crippen MR) is 65.5 cm³/mol. The lowest BCUT2D eigenvalue weighted by Crippen LogP contribution is -2.43. The average molecular weight is 237 g/mol. The molecule has 0 heterocycles. The second kappa shape index (κ2) is 6.89. The third kappa shape index (κ3) is 4.43. The molecule has 0 aromatic rings. The van der Waals surface area contributed by atoms with Gasteiger partial charge in [-0.25, -0.2) is 4.79 Å². The third-order valence-electron chi connectivity index (χ3n) is 2.86. The Morgan fingerprint density at radius 3 is 2.82 bits per heavy atom. The number of allylic oxidation sites excluding steroid dienone is 3. The van der Waals surface area contributed by atoms with E-state index in [1.165, 1.54) is 0 Å². The molecule has 4 nitrogen and oxygen atoms in total. The Morgan fingerprint density at radius 2 is 2.29 bits per heavy atom. The van der Waals surface area contributed by atoms with E-state index in [4.69, 9.17) is 5.11 Å². The molecule has 4 heteroatoms. The van der Waals surface area contributed by atoms with Gasteiger partial charge >= 0.3 is 5.97 Å². The molecule has 1 rings (SSSR count). The van der Waals surface area contributed by atoms with Crippen LogP contribution in [0, 0.1) is 5.92 Å². The number of carbonyl (C=O) groups excluding carboxylic acids is 1. The minimum absolute atomic E-state index is 0.0764. The van der Waals surface area contributed by atoms with Crippen LogP contribution < -0.4 is 5.32 Å². The molecule has 0 bridgehead atoms. The van der Waals surface area contributed by atoms with Crippen LogP contribution in [0.4, 0.5) is 0 Å². The van der Waals surface area contributed by atoms with E-state index in [9.17, 15) is 9.59 Å². The lowest BCUT2D eigenvalue weighted by atomic mass is 9.93. The van der Waals surface area contributed by atoms with E-state index in [1.54, 1.807) is 12.2 Å². The maximum Gasteiger partial charge on any atom is 0.326 e. The zero-order valence-corrected chi connectivity index (χ0v) is 10.1. The van der Waals surface area contributed by atoms with E-state index in [2.05, 4.69) is 11.4 Å². The van der Waals surface area contributed by atoms with Gasteiger partial charge in [-0.1, -0.05) is 24.3 Å². The highest BCUT2D eigenvalue weighted by Crippen LogP contribution is 2.18. The van der Waals surface area contributed by atoms with E-state index >= 15 is 0 Å². The Kier molecular flexibility index (Phi) is 5.46. The van der Waals surface area contributed by atoms with Crippen LogP contribution in [0.5, 0.6) is 0 Å². The Morgan fingerprint density at radius 1 is 1.53 bits per heavy atom. The van der Waals surface area contributed by atoms with Gasteiger partial charge in [0.05, 0.1) is 0 Å². The van der Waals surface area contributed by atoms with Crippen LogP contribution in [0.15, 0.2) is 24.3 Å². The van der Waals surface area contributed by atoms with E-state index in [-0.39, 0.29) is 11.8 Å². The highest BCUT2D eigenvalue weighted by Gasteiger charge is 2.24. The molecule has 0 saturated heterocycles. The fourth-order valence-electron chi connectivity index (χ4n) is 1.81. The Labute approximate surface area is 101 Å². The first kappa shape index (κ1) is 13.5. The number of rotatable bonds is 5. The minimum atomic E-state index is -0.984. The summed E-state index contributed by atoms with van der Waals surface area (Å²) in [6, 6.07) is -0.815. The summed E-state index contributed by atoms with van der Waals surface area (Å²) in [6.45, 7) is 1.83. The number of hydrogen-bond donors (Lipinski definition) is 2. The van der Waals surface area contributed by atoms with E-state index in [0.717, 1.165) is 12.8 Å². The summed E-state index contributed by atoms with van der Waals surface area (Å²) in [5.74, 6) is -1.21. The molecule has 0 fully saturated rings. The zero-order chi connectivity index (χ0) is 12.7. The number of aliphatic carboxylic acids is 1. The van der Waals surface area contributed by atoms with Crippen molar-refractivity contribution in [3.8, 4) is 0 Å². The predicted octanol–water partition coefficient (Wildman–Crippen LogP) is 1.88. The van der Waals surface area contributed by atoms with Gasteiger partial charge in [0.2, 0.25) is 5.91 Å². The van der Waals surface area contributed by atoms with Gasteiger partial charge in [0.15, 0.2) is 0 Å². The Hall–Kier alpha value is -1.58. The van der Waals surface area contributed by atoms with Crippen LogP contribution >= 0.6 is 0 Å². The Bertz CT molecular complexity index is 334. The van der Waals surface area contributed by atoms with Crippen molar-refractivity contribution in [2.75, 3.05) is 0 Å². The van der Waals surface area contributed by atoms with Crippen LogP contribution in [0.2, 0.25) is 0 Å². The number of hydrogen-bond acceptors (Lipinski definition) is 2. The molecule has 0 radical (unpaired) electrons. The molecule has 2 atom stereocenters. The van der Waals surface area contributed by atoms with Gasteiger partial charge in [-0.2, -0.15) is 0 Å². The Balaban J connectivity index is 2.51. The number of carboxylic acids is 1. The quantitative estimate of drug-likeness (QED) is 0.717. The molecule has 94 valence electrons. The number of carbonyl (C=O) groups is 2. The van der Waals surface area contributed by atoms with Crippen molar-refractivity contribution in [1.29, 1.82) is 0 Å². The van der Waals surface area contributed by atoms with Crippen molar-refractivity contribution in [3.63, 3.8) is 0 Å². The normalized spacial score (nSPS) is 21.4. The van der Waals surface area contributed by atoms with Gasteiger partial charge in [0, 0.05) is 5.92 Å². The van der Waals surface area contributed by atoms with Crippen LogP contribution in [0.3, 0.4) is 0 Å². The van der Waals surface area contributed by atoms with E-state index in [1.807, 2.05) is 13.0 Å². The summed E-state index contributed by atoms with van der Waals surface area (Å²) in [5.41, 5.74) is 0. The maximum atomic E-state index is 11.8. The number of amides is 1. The molecule has 2 N–H and O–H groups in total. The van der Waals surface area contributed by atoms with Crippen molar-refractivity contribution >= 4 is 11.9 Å². The van der Waals surface area contributed by atoms with Gasteiger partial charge < -0.3 is 10.4 Å².